The lowest BCUT2D eigenvalue weighted by atomic mass is 10.1. The number of hydrazone groups is 1. The molecule has 5 heteroatoms. The van der Waals surface area contributed by atoms with E-state index in [0.29, 0.717) is 5.92 Å². The van der Waals surface area contributed by atoms with Gasteiger partial charge in [0.25, 0.3) is 0 Å². The fourth-order valence-electron chi connectivity index (χ4n) is 2.12. The van der Waals surface area contributed by atoms with Crippen LogP contribution in [0.15, 0.2) is 23.3 Å². The van der Waals surface area contributed by atoms with E-state index in [9.17, 15) is 9.59 Å². The maximum atomic E-state index is 11.9. The predicted octanol–water partition coefficient (Wildman–Crippen LogP) is 3.56. The molecule has 0 atom stereocenters. The zero-order valence-electron chi connectivity index (χ0n) is 14.7. The van der Waals surface area contributed by atoms with Crippen molar-refractivity contribution in [1.82, 2.24) is 5.43 Å². The first-order valence-corrected chi connectivity index (χ1v) is 7.97. The number of anilines is 1. The Balaban J connectivity index is 2.37. The van der Waals surface area contributed by atoms with E-state index < -0.39 is 0 Å². The molecule has 2 amide bonds. The fourth-order valence-corrected chi connectivity index (χ4v) is 2.12. The average molecular weight is 317 g/mol. The first kappa shape index (κ1) is 18.9. The molecule has 1 rings (SSSR count). The summed E-state index contributed by atoms with van der Waals surface area (Å²) in [6, 6.07) is 5.75. The first-order chi connectivity index (χ1) is 10.8. The highest BCUT2D eigenvalue weighted by Gasteiger charge is 2.07. The summed E-state index contributed by atoms with van der Waals surface area (Å²) < 4.78 is 0. The number of carbonyl (C=O) groups excluding carboxylic acids is 2. The standard InChI is InChI=1S/C18H27N3O2/c1-12(2)10-15(5)20-21-18(23)9-8-17(22)19-16-7-6-13(3)14(4)11-16/h6-7,11-12H,8-10H2,1-5H3,(H,19,22)(H,21,23). The van der Waals surface area contributed by atoms with E-state index in [-0.39, 0.29) is 24.7 Å². The van der Waals surface area contributed by atoms with Crippen molar-refractivity contribution >= 4 is 23.2 Å². The van der Waals surface area contributed by atoms with Gasteiger partial charge < -0.3 is 5.32 Å². The molecule has 0 bridgehead atoms. The maximum absolute atomic E-state index is 11.9. The number of hydrogen-bond donors (Lipinski definition) is 2. The van der Waals surface area contributed by atoms with Gasteiger partial charge >= 0.3 is 0 Å². The molecule has 1 aromatic carbocycles. The van der Waals surface area contributed by atoms with Crippen LogP contribution in [0.1, 0.15) is 51.2 Å². The van der Waals surface area contributed by atoms with Crippen LogP contribution in [-0.4, -0.2) is 17.5 Å². The van der Waals surface area contributed by atoms with Crippen molar-refractivity contribution in [3.63, 3.8) is 0 Å². The monoisotopic (exact) mass is 317 g/mol. The topological polar surface area (TPSA) is 70.6 Å². The van der Waals surface area contributed by atoms with Crippen LogP contribution < -0.4 is 10.7 Å². The van der Waals surface area contributed by atoms with Crippen molar-refractivity contribution in [2.45, 2.75) is 53.9 Å². The van der Waals surface area contributed by atoms with Gasteiger partial charge in [-0.05, 0) is 56.4 Å². The molecule has 126 valence electrons. The van der Waals surface area contributed by atoms with E-state index in [4.69, 9.17) is 0 Å². The van der Waals surface area contributed by atoms with Crippen molar-refractivity contribution in [3.8, 4) is 0 Å². The van der Waals surface area contributed by atoms with E-state index in [1.54, 1.807) is 0 Å². The maximum Gasteiger partial charge on any atom is 0.240 e. The van der Waals surface area contributed by atoms with Crippen LogP contribution in [0.25, 0.3) is 0 Å². The van der Waals surface area contributed by atoms with Crippen LogP contribution in [0.4, 0.5) is 5.69 Å². The third kappa shape index (κ3) is 7.58. The lowest BCUT2D eigenvalue weighted by Crippen LogP contribution is -2.21. The molecule has 0 unspecified atom stereocenters. The predicted molar refractivity (Wildman–Crippen MR) is 94.5 cm³/mol. The Bertz CT molecular complexity index is 592. The van der Waals surface area contributed by atoms with Gasteiger partial charge in [-0.15, -0.1) is 0 Å². The molecule has 0 heterocycles. The number of rotatable bonds is 7. The number of aryl methyl sites for hydroxylation is 2. The van der Waals surface area contributed by atoms with E-state index >= 15 is 0 Å². The Morgan fingerprint density at radius 3 is 2.35 bits per heavy atom. The Morgan fingerprint density at radius 2 is 1.74 bits per heavy atom. The largest absolute Gasteiger partial charge is 0.326 e. The second-order valence-electron chi connectivity index (χ2n) is 6.33. The summed E-state index contributed by atoms with van der Waals surface area (Å²) in [5.74, 6) is 0.0778. The van der Waals surface area contributed by atoms with E-state index in [0.717, 1.165) is 23.4 Å². The van der Waals surface area contributed by atoms with Crippen molar-refractivity contribution in [3.05, 3.63) is 29.3 Å². The molecule has 23 heavy (non-hydrogen) atoms. The number of amides is 2. The normalized spacial score (nSPS) is 11.5. The van der Waals surface area contributed by atoms with Crippen molar-refractivity contribution in [2.75, 3.05) is 5.32 Å². The third-order valence-electron chi connectivity index (χ3n) is 3.44. The van der Waals surface area contributed by atoms with Crippen molar-refractivity contribution < 1.29 is 9.59 Å². The molecule has 0 saturated heterocycles. The second-order valence-corrected chi connectivity index (χ2v) is 6.33. The molecule has 0 aliphatic heterocycles. The molecule has 0 aliphatic carbocycles. The van der Waals surface area contributed by atoms with Crippen LogP contribution in [0.2, 0.25) is 0 Å². The Morgan fingerprint density at radius 1 is 1.09 bits per heavy atom. The van der Waals surface area contributed by atoms with Crippen LogP contribution >= 0.6 is 0 Å². The fraction of sp³-hybridized carbons (Fsp3) is 0.500. The first-order valence-electron chi connectivity index (χ1n) is 7.97. The minimum Gasteiger partial charge on any atom is -0.326 e. The lowest BCUT2D eigenvalue weighted by Gasteiger charge is -2.08. The second kappa shape index (κ2) is 9.08. The summed E-state index contributed by atoms with van der Waals surface area (Å²) in [6.45, 7) is 10.1. The van der Waals surface area contributed by atoms with Crippen LogP contribution in [0.3, 0.4) is 0 Å². The lowest BCUT2D eigenvalue weighted by molar-refractivity contribution is -0.124. The van der Waals surface area contributed by atoms with Gasteiger partial charge in [-0.2, -0.15) is 5.10 Å². The third-order valence-corrected chi connectivity index (χ3v) is 3.44. The Hall–Kier alpha value is -2.17. The summed E-state index contributed by atoms with van der Waals surface area (Å²) in [6.07, 6.45) is 1.10. The molecule has 2 N–H and O–H groups in total. The summed E-state index contributed by atoms with van der Waals surface area (Å²) >= 11 is 0. The van der Waals surface area contributed by atoms with Crippen LogP contribution in [0.5, 0.6) is 0 Å². The van der Waals surface area contributed by atoms with Gasteiger partial charge in [0.15, 0.2) is 0 Å². The smallest absolute Gasteiger partial charge is 0.240 e. The number of hydrogen-bond acceptors (Lipinski definition) is 3. The molecule has 0 radical (unpaired) electrons. The molecule has 1 aromatic rings. The van der Waals surface area contributed by atoms with Crippen molar-refractivity contribution in [2.24, 2.45) is 11.0 Å². The highest BCUT2D eigenvalue weighted by molar-refractivity contribution is 5.93. The summed E-state index contributed by atoms with van der Waals surface area (Å²) in [5.41, 5.74) is 6.43. The van der Waals surface area contributed by atoms with E-state index in [1.165, 1.54) is 5.56 Å². The minimum atomic E-state index is -0.247. The molecule has 0 spiro atoms. The highest BCUT2D eigenvalue weighted by Crippen LogP contribution is 2.14. The van der Waals surface area contributed by atoms with Gasteiger partial charge in [0.1, 0.15) is 0 Å². The van der Waals surface area contributed by atoms with Crippen LogP contribution in [-0.2, 0) is 9.59 Å². The van der Waals surface area contributed by atoms with Gasteiger partial charge in [0.2, 0.25) is 11.8 Å². The minimum absolute atomic E-state index is 0.120. The zero-order chi connectivity index (χ0) is 17.4. The average Bonchev–Trinajstić information content (AvgIpc) is 2.46. The highest BCUT2D eigenvalue weighted by atomic mass is 16.2. The van der Waals surface area contributed by atoms with Gasteiger partial charge in [-0.3, -0.25) is 9.59 Å². The van der Waals surface area contributed by atoms with E-state index in [2.05, 4.69) is 29.7 Å². The Kier molecular flexibility index (Phi) is 7.45. The van der Waals surface area contributed by atoms with Gasteiger partial charge in [0, 0.05) is 24.2 Å². The molecule has 0 fully saturated rings. The Labute approximate surface area is 138 Å². The van der Waals surface area contributed by atoms with Gasteiger partial charge in [0.05, 0.1) is 0 Å². The number of carbonyl (C=O) groups is 2. The van der Waals surface area contributed by atoms with Crippen molar-refractivity contribution in [1.29, 1.82) is 0 Å². The zero-order valence-corrected chi connectivity index (χ0v) is 14.7. The SMILES string of the molecule is CC(CC(C)C)=NNC(=O)CCC(=O)Nc1ccc(C)c(C)c1. The quantitative estimate of drug-likeness (QED) is 0.596. The van der Waals surface area contributed by atoms with Gasteiger partial charge in [-0.25, -0.2) is 5.43 Å². The molecule has 0 saturated carbocycles. The van der Waals surface area contributed by atoms with Crippen LogP contribution in [0, 0.1) is 19.8 Å². The molecular formula is C18H27N3O2. The molecular weight excluding hydrogens is 290 g/mol. The molecule has 0 aromatic heterocycles. The summed E-state index contributed by atoms with van der Waals surface area (Å²) in [5, 5.41) is 6.83. The number of nitrogens with zero attached hydrogens (tertiary/aromatic N) is 1. The van der Waals surface area contributed by atoms with E-state index in [1.807, 2.05) is 39.0 Å². The molecule has 5 nitrogen and oxygen atoms in total. The number of benzene rings is 1. The molecule has 0 aliphatic rings. The summed E-state index contributed by atoms with van der Waals surface area (Å²) in [7, 11) is 0. The van der Waals surface area contributed by atoms with Gasteiger partial charge in [-0.1, -0.05) is 19.9 Å². The summed E-state index contributed by atoms with van der Waals surface area (Å²) in [4.78, 5) is 23.6. The number of nitrogens with one attached hydrogen (secondary N) is 2.